The molecule has 4 rings (SSSR count). The molecular weight excluding hydrogens is 360 g/mol. The van der Waals surface area contributed by atoms with Crippen molar-refractivity contribution in [2.24, 2.45) is 0 Å². The molecule has 0 bridgehead atoms. The van der Waals surface area contributed by atoms with Gasteiger partial charge in [0.25, 0.3) is 0 Å². The summed E-state index contributed by atoms with van der Waals surface area (Å²) in [6.45, 7) is 4.97. The van der Waals surface area contributed by atoms with Crippen LogP contribution in [0, 0.1) is 0 Å². The van der Waals surface area contributed by atoms with Gasteiger partial charge in [0.1, 0.15) is 11.2 Å². The molecule has 1 aromatic carbocycles. The lowest BCUT2D eigenvalue weighted by atomic mass is 10.0. The van der Waals surface area contributed by atoms with Gasteiger partial charge in [-0.3, -0.25) is 4.79 Å². The van der Waals surface area contributed by atoms with Crippen molar-refractivity contribution in [1.29, 1.82) is 0 Å². The van der Waals surface area contributed by atoms with E-state index in [0.29, 0.717) is 13.1 Å². The van der Waals surface area contributed by atoms with Gasteiger partial charge in [-0.1, -0.05) is 30.3 Å². The zero-order valence-corrected chi connectivity index (χ0v) is 16.5. The Labute approximate surface area is 165 Å². The Balaban J connectivity index is 1.75. The summed E-state index contributed by atoms with van der Waals surface area (Å²) in [5, 5.41) is -0.505. The molecule has 0 aliphatic carbocycles. The first-order valence-corrected chi connectivity index (χ1v) is 10.2. The van der Waals surface area contributed by atoms with Crippen LogP contribution in [0.15, 0.2) is 30.3 Å². The SMILES string of the molecule is C[C@@H](Cl)C(=O)N1CCc2nc(-c3ccccc3)nc(N3CCCCC3)c2C1. The average Bonchev–Trinajstić information content (AvgIpc) is 2.73. The molecule has 0 radical (unpaired) electrons. The number of carbonyl (C=O) groups excluding carboxylic acids is 1. The topological polar surface area (TPSA) is 49.3 Å². The number of rotatable bonds is 3. The number of hydrogen-bond donors (Lipinski definition) is 0. The van der Waals surface area contributed by atoms with Crippen molar-refractivity contribution in [2.75, 3.05) is 24.5 Å². The number of benzene rings is 1. The van der Waals surface area contributed by atoms with E-state index in [2.05, 4.69) is 17.0 Å². The number of halogens is 1. The molecule has 0 unspecified atom stereocenters. The fourth-order valence-corrected chi connectivity index (χ4v) is 4.06. The number of hydrogen-bond acceptors (Lipinski definition) is 4. The monoisotopic (exact) mass is 384 g/mol. The molecule has 1 aromatic heterocycles. The lowest BCUT2D eigenvalue weighted by Gasteiger charge is -2.35. The number of anilines is 1. The molecule has 0 N–H and O–H groups in total. The molecule has 5 nitrogen and oxygen atoms in total. The first-order valence-electron chi connectivity index (χ1n) is 9.76. The van der Waals surface area contributed by atoms with Crippen molar-refractivity contribution in [2.45, 2.75) is 44.5 Å². The third kappa shape index (κ3) is 3.79. The van der Waals surface area contributed by atoms with Crippen LogP contribution in [0.4, 0.5) is 5.82 Å². The quantitative estimate of drug-likeness (QED) is 0.758. The summed E-state index contributed by atoms with van der Waals surface area (Å²) in [5.41, 5.74) is 3.19. The minimum absolute atomic E-state index is 0.0148. The first-order chi connectivity index (χ1) is 13.1. The van der Waals surface area contributed by atoms with Gasteiger partial charge in [0, 0.05) is 37.2 Å². The van der Waals surface area contributed by atoms with Gasteiger partial charge in [-0.05, 0) is 26.2 Å². The van der Waals surface area contributed by atoms with Gasteiger partial charge in [0.2, 0.25) is 5.91 Å². The van der Waals surface area contributed by atoms with Crippen LogP contribution in [-0.2, 0) is 17.8 Å². The third-order valence-electron chi connectivity index (χ3n) is 5.38. The van der Waals surface area contributed by atoms with Crippen molar-refractivity contribution in [1.82, 2.24) is 14.9 Å². The lowest BCUT2D eigenvalue weighted by Crippen LogP contribution is -2.41. The largest absolute Gasteiger partial charge is 0.356 e. The van der Waals surface area contributed by atoms with Crippen molar-refractivity contribution in [3.05, 3.63) is 41.6 Å². The van der Waals surface area contributed by atoms with Crippen LogP contribution < -0.4 is 4.90 Å². The third-order valence-corrected chi connectivity index (χ3v) is 5.56. The van der Waals surface area contributed by atoms with Crippen LogP contribution in [0.1, 0.15) is 37.4 Å². The molecule has 1 amide bonds. The fourth-order valence-electron chi connectivity index (χ4n) is 3.92. The lowest BCUT2D eigenvalue weighted by molar-refractivity contribution is -0.131. The van der Waals surface area contributed by atoms with E-state index in [0.717, 1.165) is 48.0 Å². The summed E-state index contributed by atoms with van der Waals surface area (Å²) in [7, 11) is 0. The van der Waals surface area contributed by atoms with E-state index < -0.39 is 5.38 Å². The summed E-state index contributed by atoms with van der Waals surface area (Å²) in [6, 6.07) is 10.1. The number of fused-ring (bicyclic) bond motifs is 1. The maximum Gasteiger partial charge on any atom is 0.240 e. The molecule has 1 fully saturated rings. The van der Waals surface area contributed by atoms with E-state index in [1.54, 1.807) is 6.92 Å². The highest BCUT2D eigenvalue weighted by Gasteiger charge is 2.29. The number of amides is 1. The predicted octanol–water partition coefficient (Wildman–Crippen LogP) is 3.65. The van der Waals surface area contributed by atoms with Crippen LogP contribution in [0.25, 0.3) is 11.4 Å². The van der Waals surface area contributed by atoms with E-state index >= 15 is 0 Å². The Kier molecular flexibility index (Phi) is 5.30. The van der Waals surface area contributed by atoms with E-state index in [1.807, 2.05) is 23.1 Å². The maximum absolute atomic E-state index is 12.4. The fraction of sp³-hybridized carbons (Fsp3) is 0.476. The summed E-state index contributed by atoms with van der Waals surface area (Å²) in [4.78, 5) is 26.5. The second-order valence-corrected chi connectivity index (χ2v) is 7.99. The highest BCUT2D eigenvalue weighted by Crippen LogP contribution is 2.31. The second-order valence-electron chi connectivity index (χ2n) is 7.34. The zero-order chi connectivity index (χ0) is 18.8. The molecule has 2 aliphatic rings. The highest BCUT2D eigenvalue weighted by atomic mass is 35.5. The molecule has 2 aromatic rings. The number of nitrogens with zero attached hydrogens (tertiary/aromatic N) is 4. The normalized spacial score (nSPS) is 18.1. The van der Waals surface area contributed by atoms with Gasteiger partial charge in [-0.15, -0.1) is 11.6 Å². The molecule has 0 saturated carbocycles. The van der Waals surface area contributed by atoms with Crippen LogP contribution >= 0.6 is 11.6 Å². The first kappa shape index (κ1) is 18.2. The van der Waals surface area contributed by atoms with Crippen LogP contribution in [0.5, 0.6) is 0 Å². The summed E-state index contributed by atoms with van der Waals surface area (Å²) in [6.07, 6.45) is 4.37. The Bertz CT molecular complexity index is 818. The number of piperidine rings is 1. The van der Waals surface area contributed by atoms with Crippen molar-refractivity contribution in [3.8, 4) is 11.4 Å². The smallest absolute Gasteiger partial charge is 0.240 e. The molecule has 6 heteroatoms. The van der Waals surface area contributed by atoms with Crippen LogP contribution in [0.3, 0.4) is 0 Å². The van der Waals surface area contributed by atoms with Gasteiger partial charge in [0.15, 0.2) is 5.82 Å². The second kappa shape index (κ2) is 7.85. The van der Waals surface area contributed by atoms with Gasteiger partial charge in [-0.25, -0.2) is 9.97 Å². The van der Waals surface area contributed by atoms with Crippen molar-refractivity contribution >= 4 is 23.3 Å². The van der Waals surface area contributed by atoms with E-state index in [9.17, 15) is 4.79 Å². The molecule has 3 heterocycles. The Morgan fingerprint density at radius 1 is 1.07 bits per heavy atom. The molecule has 142 valence electrons. The van der Waals surface area contributed by atoms with Crippen LogP contribution in [-0.4, -0.2) is 45.8 Å². The Morgan fingerprint density at radius 2 is 1.81 bits per heavy atom. The zero-order valence-electron chi connectivity index (χ0n) is 15.7. The Morgan fingerprint density at radius 3 is 2.52 bits per heavy atom. The molecule has 1 saturated heterocycles. The van der Waals surface area contributed by atoms with Gasteiger partial charge < -0.3 is 9.80 Å². The minimum atomic E-state index is -0.505. The van der Waals surface area contributed by atoms with Gasteiger partial charge in [-0.2, -0.15) is 0 Å². The average molecular weight is 385 g/mol. The van der Waals surface area contributed by atoms with Gasteiger partial charge in [0.05, 0.1) is 12.2 Å². The molecule has 27 heavy (non-hydrogen) atoms. The Hall–Kier alpha value is -2.14. The van der Waals surface area contributed by atoms with Crippen molar-refractivity contribution in [3.63, 3.8) is 0 Å². The summed E-state index contributed by atoms with van der Waals surface area (Å²) < 4.78 is 0. The number of alkyl halides is 1. The summed E-state index contributed by atoms with van der Waals surface area (Å²) >= 11 is 6.05. The summed E-state index contributed by atoms with van der Waals surface area (Å²) in [5.74, 6) is 1.76. The van der Waals surface area contributed by atoms with Crippen molar-refractivity contribution < 1.29 is 4.79 Å². The van der Waals surface area contributed by atoms with Gasteiger partial charge >= 0.3 is 0 Å². The molecular formula is C21H25ClN4O. The molecule has 0 spiro atoms. The maximum atomic E-state index is 12.4. The van der Waals surface area contributed by atoms with E-state index in [1.165, 1.54) is 19.3 Å². The number of aromatic nitrogens is 2. The van der Waals surface area contributed by atoms with Crippen LogP contribution in [0.2, 0.25) is 0 Å². The van der Waals surface area contributed by atoms with E-state index in [4.69, 9.17) is 21.6 Å². The predicted molar refractivity (Wildman–Crippen MR) is 108 cm³/mol. The molecule has 1 atom stereocenters. The molecule has 2 aliphatic heterocycles. The number of carbonyl (C=O) groups is 1. The van der Waals surface area contributed by atoms with E-state index in [-0.39, 0.29) is 5.91 Å². The minimum Gasteiger partial charge on any atom is -0.356 e. The highest BCUT2D eigenvalue weighted by molar-refractivity contribution is 6.30. The standard InChI is InChI=1S/C21H25ClN4O/c1-15(22)21(27)26-13-10-18-17(14-26)20(25-11-6-3-7-12-25)24-19(23-18)16-8-4-2-5-9-16/h2,4-5,8-9,15H,3,6-7,10-14H2,1H3/t15-/m1/s1.